The number of aliphatic hydroxyl groups excluding tert-OH is 2. The Bertz CT molecular complexity index is 371. The van der Waals surface area contributed by atoms with E-state index in [1.54, 1.807) is 27.7 Å². The topological polar surface area (TPSA) is 103 Å². The van der Waals surface area contributed by atoms with E-state index in [4.69, 9.17) is 10.2 Å². The van der Waals surface area contributed by atoms with Crippen molar-refractivity contribution in [2.75, 3.05) is 13.2 Å². The summed E-state index contributed by atoms with van der Waals surface area (Å²) < 4.78 is 0. The zero-order valence-electron chi connectivity index (χ0n) is 14.8. The van der Waals surface area contributed by atoms with Crippen molar-refractivity contribution in [2.24, 2.45) is 0 Å². The zero-order valence-corrected chi connectivity index (χ0v) is 16.4. The second-order valence-corrected chi connectivity index (χ2v) is 5.11. The molecule has 0 spiro atoms. The van der Waals surface area contributed by atoms with Gasteiger partial charge in [0, 0.05) is 13.2 Å². The molecule has 0 aliphatic heterocycles. The predicted octanol–water partition coefficient (Wildman–Crippen LogP) is 2.46. The molecule has 7 heteroatoms. The Labute approximate surface area is 154 Å². The fourth-order valence-corrected chi connectivity index (χ4v) is 1.44. The van der Waals surface area contributed by atoms with Gasteiger partial charge in [0.25, 0.3) is 0 Å². The average molecular weight is 360 g/mol. The predicted molar refractivity (Wildman–Crippen MR) is 88.7 cm³/mol. The molecule has 6 nitrogen and oxygen atoms in total. The summed E-state index contributed by atoms with van der Waals surface area (Å²) in [4.78, 5) is 21.1. The van der Waals surface area contributed by atoms with Gasteiger partial charge in [-0.3, -0.25) is 9.59 Å². The van der Waals surface area contributed by atoms with Crippen molar-refractivity contribution in [2.45, 2.75) is 53.6 Å². The fourth-order valence-electron chi connectivity index (χ4n) is 1.44. The van der Waals surface area contributed by atoms with Gasteiger partial charge in [0.05, 0.1) is 0 Å². The molecule has 130 valence electrons. The molecule has 0 rings (SSSR count). The van der Waals surface area contributed by atoms with Crippen LogP contribution in [0.5, 0.6) is 0 Å². The van der Waals surface area contributed by atoms with Crippen molar-refractivity contribution in [3.8, 4) is 0 Å². The van der Waals surface area contributed by atoms with Crippen LogP contribution in [0.2, 0.25) is 0 Å². The third kappa shape index (κ3) is 21.1. The maximum atomic E-state index is 10.5. The summed E-state index contributed by atoms with van der Waals surface area (Å²) in [7, 11) is 0. The number of allylic oxidation sites excluding steroid dienone is 4. The van der Waals surface area contributed by atoms with E-state index in [0.29, 0.717) is 11.4 Å². The Morgan fingerprint density at radius 3 is 1.26 bits per heavy atom. The van der Waals surface area contributed by atoms with Gasteiger partial charge >= 0.3 is 21.7 Å². The SMILES string of the molecule is CC(=O)C=C(C)[N-]C(C)CO.CC(=O)C=C(C)[N-]C(C)CO.[Ti+2]. The Morgan fingerprint density at radius 2 is 1.09 bits per heavy atom. The molecule has 2 N–H and O–H groups in total. The van der Waals surface area contributed by atoms with Crippen LogP contribution in [0.1, 0.15) is 41.5 Å². The molecule has 0 bridgehead atoms. The van der Waals surface area contributed by atoms with Gasteiger partial charge in [0.15, 0.2) is 11.6 Å². The largest absolute Gasteiger partial charge is 2.00 e. The van der Waals surface area contributed by atoms with Gasteiger partial charge in [-0.2, -0.15) is 11.4 Å². The van der Waals surface area contributed by atoms with Gasteiger partial charge in [-0.15, -0.1) is 0 Å². The molecular weight excluding hydrogens is 332 g/mol. The minimum atomic E-state index is -0.120. The molecule has 2 atom stereocenters. The van der Waals surface area contributed by atoms with Crippen LogP contribution in [0, 0.1) is 0 Å². The third-order valence-electron chi connectivity index (χ3n) is 2.20. The van der Waals surface area contributed by atoms with Crippen molar-refractivity contribution in [3.63, 3.8) is 0 Å². The molecule has 0 aliphatic carbocycles. The molecule has 0 radical (unpaired) electrons. The van der Waals surface area contributed by atoms with Crippen LogP contribution in [0.4, 0.5) is 0 Å². The van der Waals surface area contributed by atoms with Crippen LogP contribution >= 0.6 is 0 Å². The monoisotopic (exact) mass is 360 g/mol. The van der Waals surface area contributed by atoms with Crippen molar-refractivity contribution in [1.29, 1.82) is 0 Å². The van der Waals surface area contributed by atoms with Crippen LogP contribution in [0.15, 0.2) is 23.5 Å². The molecule has 0 aliphatic rings. The fraction of sp³-hybridized carbons (Fsp3) is 0.625. The molecule has 0 heterocycles. The molecule has 0 amide bonds. The number of rotatable bonds is 8. The van der Waals surface area contributed by atoms with Gasteiger partial charge < -0.3 is 20.8 Å². The molecule has 0 fully saturated rings. The summed E-state index contributed by atoms with van der Waals surface area (Å²) in [5, 5.41) is 25.3. The van der Waals surface area contributed by atoms with E-state index in [0.717, 1.165) is 0 Å². The number of hydrogen-bond acceptors (Lipinski definition) is 4. The molecule has 0 saturated heterocycles. The minimum Gasteiger partial charge on any atom is -0.684 e. The molecule has 0 aromatic heterocycles. The first-order valence-electron chi connectivity index (χ1n) is 7.13. The Balaban J connectivity index is -0.000000333. The van der Waals surface area contributed by atoms with Crippen molar-refractivity contribution in [1.82, 2.24) is 0 Å². The van der Waals surface area contributed by atoms with Crippen LogP contribution in [0.25, 0.3) is 10.6 Å². The van der Waals surface area contributed by atoms with Crippen LogP contribution in [0.3, 0.4) is 0 Å². The Hall–Kier alpha value is -0.946. The van der Waals surface area contributed by atoms with Crippen LogP contribution in [-0.2, 0) is 31.3 Å². The van der Waals surface area contributed by atoms with E-state index in [1.807, 2.05) is 0 Å². The number of carbonyl (C=O) groups is 2. The van der Waals surface area contributed by atoms with Crippen molar-refractivity contribution >= 4 is 11.6 Å². The standard InChI is InChI=1S/2C8H15NO2.Ti/c2*1-6(4-8(3)11)9-7(2)5-10;/h2*4,7,10H,5H2,1-3H3,(H,9,11);/q;;+2/p-2. The van der Waals surface area contributed by atoms with E-state index in [9.17, 15) is 9.59 Å². The average Bonchev–Trinajstić information content (AvgIpc) is 2.36. The smallest absolute Gasteiger partial charge is 0.684 e. The number of carbonyl (C=O) groups excluding carboxylic acids is 2. The van der Waals surface area contributed by atoms with Crippen LogP contribution < -0.4 is 0 Å². The number of hydrogen-bond donors (Lipinski definition) is 2. The Morgan fingerprint density at radius 1 is 0.826 bits per heavy atom. The molecule has 0 aromatic rings. The Kier molecular flexibility index (Phi) is 18.7. The summed E-state index contributed by atoms with van der Waals surface area (Å²) in [5.74, 6) is -0.0345. The normalized spacial score (nSPS) is 13.7. The summed E-state index contributed by atoms with van der Waals surface area (Å²) in [6.07, 6.45) is 2.90. The second kappa shape index (κ2) is 15.9. The van der Waals surface area contributed by atoms with Crippen molar-refractivity contribution < 1.29 is 41.5 Å². The third-order valence-corrected chi connectivity index (χ3v) is 2.20. The molecule has 0 aromatic carbocycles. The van der Waals surface area contributed by atoms with Gasteiger partial charge in [-0.05, 0) is 26.0 Å². The first-order valence-corrected chi connectivity index (χ1v) is 7.13. The molecule has 2 unspecified atom stereocenters. The van der Waals surface area contributed by atoms with E-state index < -0.39 is 0 Å². The number of nitrogens with zero attached hydrogens (tertiary/aromatic N) is 2. The van der Waals surface area contributed by atoms with E-state index in [2.05, 4.69) is 10.6 Å². The first-order chi connectivity index (χ1) is 10.1. The van der Waals surface area contributed by atoms with E-state index >= 15 is 0 Å². The summed E-state index contributed by atoms with van der Waals surface area (Å²) in [6, 6.07) is -0.240. The van der Waals surface area contributed by atoms with E-state index in [1.165, 1.54) is 26.0 Å². The second-order valence-electron chi connectivity index (χ2n) is 5.11. The maximum absolute atomic E-state index is 10.5. The first kappa shape index (κ1) is 26.9. The minimum absolute atomic E-state index is 0. The summed E-state index contributed by atoms with van der Waals surface area (Å²) in [6.45, 7) is 10.0. The van der Waals surface area contributed by atoms with Gasteiger partial charge in [0.2, 0.25) is 0 Å². The summed E-state index contributed by atoms with van der Waals surface area (Å²) >= 11 is 0. The summed E-state index contributed by atoms with van der Waals surface area (Å²) in [5.41, 5.74) is 1.33. The van der Waals surface area contributed by atoms with Crippen LogP contribution in [-0.4, -0.2) is 47.1 Å². The van der Waals surface area contributed by atoms with Gasteiger partial charge in [0.1, 0.15) is 0 Å². The zero-order chi connectivity index (χ0) is 17.7. The van der Waals surface area contributed by atoms with Gasteiger partial charge in [-0.25, -0.2) is 0 Å². The number of ketones is 2. The molecule has 23 heavy (non-hydrogen) atoms. The molecule has 0 saturated carbocycles. The van der Waals surface area contributed by atoms with E-state index in [-0.39, 0.29) is 58.6 Å². The quantitative estimate of drug-likeness (QED) is 0.513. The maximum Gasteiger partial charge on any atom is 2.00 e. The molecular formula is C16H28N2O4Ti. The van der Waals surface area contributed by atoms with Gasteiger partial charge in [-0.1, -0.05) is 39.8 Å². The van der Waals surface area contributed by atoms with Crippen molar-refractivity contribution in [3.05, 3.63) is 34.2 Å². The number of aliphatic hydroxyl groups is 2.